The van der Waals surface area contributed by atoms with Crippen molar-refractivity contribution in [3.8, 4) is 0 Å². The van der Waals surface area contributed by atoms with Crippen LogP contribution in [-0.2, 0) is 17.6 Å². The first-order valence-electron chi connectivity index (χ1n) is 7.05. The van der Waals surface area contributed by atoms with E-state index in [0.717, 1.165) is 0 Å². The lowest BCUT2D eigenvalue weighted by Gasteiger charge is -2.06. The summed E-state index contributed by atoms with van der Waals surface area (Å²) in [4.78, 5) is 11.9. The molecule has 0 unspecified atom stereocenters. The Morgan fingerprint density at radius 3 is 1.64 bits per heavy atom. The first-order valence-corrected chi connectivity index (χ1v) is 7.05. The molecule has 0 heterocycles. The summed E-state index contributed by atoms with van der Waals surface area (Å²) in [6, 6.07) is 8.58. The van der Waals surface area contributed by atoms with E-state index in [4.69, 9.17) is 11.5 Å². The molecule has 0 aromatic heterocycles. The summed E-state index contributed by atoms with van der Waals surface area (Å²) in [5.41, 5.74) is 13.0. The second-order valence-electron chi connectivity index (χ2n) is 5.24. The maximum atomic E-state index is 13.5. The zero-order valence-corrected chi connectivity index (χ0v) is 12.1. The number of hydrogen-bond acceptors (Lipinski definition) is 3. The highest BCUT2D eigenvalue weighted by Crippen LogP contribution is 2.17. The normalized spacial score (nSPS) is 10.6. The highest BCUT2D eigenvalue weighted by molar-refractivity contribution is 5.79. The lowest BCUT2D eigenvalue weighted by atomic mass is 10.0. The number of Topliss-reactive ketones (excluding diaryl/α,β-unsaturated/α-hetero) is 1. The Balaban J connectivity index is 1.88. The highest BCUT2D eigenvalue weighted by atomic mass is 19.1. The zero-order valence-electron chi connectivity index (χ0n) is 12.1. The van der Waals surface area contributed by atoms with Gasteiger partial charge in [0.2, 0.25) is 0 Å². The lowest BCUT2D eigenvalue weighted by molar-refractivity contribution is -0.119. The van der Waals surface area contributed by atoms with Crippen molar-refractivity contribution >= 4 is 17.2 Å². The van der Waals surface area contributed by atoms with Crippen LogP contribution < -0.4 is 11.5 Å². The molecule has 0 bridgehead atoms. The van der Waals surface area contributed by atoms with Gasteiger partial charge in [-0.3, -0.25) is 4.79 Å². The number of aryl methyl sites for hydroxylation is 2. The third-order valence-electron chi connectivity index (χ3n) is 3.49. The summed E-state index contributed by atoms with van der Waals surface area (Å²) < 4.78 is 27.1. The minimum atomic E-state index is -0.371. The molecule has 0 atom stereocenters. The van der Waals surface area contributed by atoms with Crippen molar-refractivity contribution in [3.05, 3.63) is 59.2 Å². The predicted molar refractivity (Wildman–Crippen MR) is 83.3 cm³/mol. The van der Waals surface area contributed by atoms with E-state index in [-0.39, 0.29) is 43.1 Å². The number of ketones is 1. The maximum Gasteiger partial charge on any atom is 0.133 e. The Kier molecular flexibility index (Phi) is 5.09. The topological polar surface area (TPSA) is 69.1 Å². The molecule has 5 heteroatoms. The fourth-order valence-electron chi connectivity index (χ4n) is 2.25. The second-order valence-corrected chi connectivity index (χ2v) is 5.24. The average Bonchev–Trinajstić information content (AvgIpc) is 2.49. The fraction of sp³-hybridized carbons (Fsp3) is 0.235. The van der Waals surface area contributed by atoms with E-state index in [1.807, 2.05) is 0 Å². The number of nitrogens with two attached hydrogens (primary N) is 2. The van der Waals surface area contributed by atoms with E-state index in [2.05, 4.69) is 0 Å². The van der Waals surface area contributed by atoms with Crippen molar-refractivity contribution in [2.75, 3.05) is 11.5 Å². The number of carbonyl (C=O) groups is 1. The molecule has 0 amide bonds. The summed E-state index contributed by atoms with van der Waals surface area (Å²) >= 11 is 0. The SMILES string of the molecule is Nc1ccc(F)c(CCC(=O)CCc2cc(N)ccc2F)c1. The van der Waals surface area contributed by atoms with Gasteiger partial charge in [0.25, 0.3) is 0 Å². The Labute approximate surface area is 127 Å². The smallest absolute Gasteiger partial charge is 0.133 e. The van der Waals surface area contributed by atoms with Crippen LogP contribution >= 0.6 is 0 Å². The molecular formula is C17H18F2N2O. The van der Waals surface area contributed by atoms with Crippen LogP contribution in [0.4, 0.5) is 20.2 Å². The number of benzene rings is 2. The van der Waals surface area contributed by atoms with E-state index in [1.54, 1.807) is 0 Å². The molecule has 0 aliphatic rings. The minimum Gasteiger partial charge on any atom is -0.399 e. The van der Waals surface area contributed by atoms with E-state index in [9.17, 15) is 13.6 Å². The monoisotopic (exact) mass is 304 g/mol. The number of anilines is 2. The van der Waals surface area contributed by atoms with Gasteiger partial charge in [0.15, 0.2) is 0 Å². The molecule has 0 saturated carbocycles. The van der Waals surface area contributed by atoms with Gasteiger partial charge in [-0.25, -0.2) is 8.78 Å². The summed E-state index contributed by atoms with van der Waals surface area (Å²) in [6.07, 6.45) is 0.971. The molecule has 116 valence electrons. The Hall–Kier alpha value is -2.43. The summed E-state index contributed by atoms with van der Waals surface area (Å²) in [5, 5.41) is 0. The van der Waals surface area contributed by atoms with Crippen LogP contribution in [0, 0.1) is 11.6 Å². The van der Waals surface area contributed by atoms with Crippen LogP contribution in [0.1, 0.15) is 24.0 Å². The number of nitrogen functional groups attached to an aromatic ring is 2. The average molecular weight is 304 g/mol. The molecule has 4 N–H and O–H groups in total. The van der Waals surface area contributed by atoms with Crippen LogP contribution in [0.25, 0.3) is 0 Å². The van der Waals surface area contributed by atoms with Crippen molar-refractivity contribution in [2.45, 2.75) is 25.7 Å². The first-order chi connectivity index (χ1) is 10.5. The highest BCUT2D eigenvalue weighted by Gasteiger charge is 2.09. The largest absolute Gasteiger partial charge is 0.399 e. The molecular weight excluding hydrogens is 286 g/mol. The van der Waals surface area contributed by atoms with E-state index >= 15 is 0 Å². The standard InChI is InChI=1S/C17H18F2N2O/c18-16-7-3-13(20)9-11(16)1-5-15(22)6-2-12-10-14(21)4-8-17(12)19/h3-4,7-10H,1-2,5-6,20-21H2. The van der Waals surface area contributed by atoms with Crippen LogP contribution in [0.15, 0.2) is 36.4 Å². The molecule has 0 spiro atoms. The third kappa shape index (κ3) is 4.28. The van der Waals surface area contributed by atoms with Crippen molar-refractivity contribution in [1.29, 1.82) is 0 Å². The Bertz CT molecular complexity index is 629. The number of halogens is 2. The second kappa shape index (κ2) is 7.02. The number of rotatable bonds is 6. The van der Waals surface area contributed by atoms with Gasteiger partial charge in [0.1, 0.15) is 17.4 Å². The summed E-state index contributed by atoms with van der Waals surface area (Å²) in [6.45, 7) is 0. The van der Waals surface area contributed by atoms with Gasteiger partial charge in [-0.1, -0.05) is 0 Å². The first kappa shape index (κ1) is 15.9. The molecule has 0 aliphatic heterocycles. The molecule has 0 saturated heterocycles. The van der Waals surface area contributed by atoms with Gasteiger partial charge in [0, 0.05) is 24.2 Å². The van der Waals surface area contributed by atoms with Gasteiger partial charge in [-0.15, -0.1) is 0 Å². The fourth-order valence-corrected chi connectivity index (χ4v) is 2.25. The molecule has 2 rings (SSSR count). The van der Waals surface area contributed by atoms with Crippen molar-refractivity contribution in [1.82, 2.24) is 0 Å². The van der Waals surface area contributed by atoms with Crippen molar-refractivity contribution in [3.63, 3.8) is 0 Å². The summed E-state index contributed by atoms with van der Waals surface area (Å²) in [5.74, 6) is -0.795. The molecule has 2 aromatic rings. The molecule has 22 heavy (non-hydrogen) atoms. The van der Waals surface area contributed by atoms with Gasteiger partial charge < -0.3 is 11.5 Å². The van der Waals surface area contributed by atoms with Crippen molar-refractivity contribution in [2.24, 2.45) is 0 Å². The number of hydrogen-bond donors (Lipinski definition) is 2. The van der Waals surface area contributed by atoms with Crippen LogP contribution in [-0.4, -0.2) is 5.78 Å². The van der Waals surface area contributed by atoms with Gasteiger partial charge in [-0.2, -0.15) is 0 Å². The van der Waals surface area contributed by atoms with Crippen LogP contribution in [0.3, 0.4) is 0 Å². The predicted octanol–water partition coefficient (Wildman–Crippen LogP) is 3.26. The Morgan fingerprint density at radius 2 is 1.23 bits per heavy atom. The lowest BCUT2D eigenvalue weighted by Crippen LogP contribution is -2.05. The van der Waals surface area contributed by atoms with E-state index in [1.165, 1.54) is 36.4 Å². The minimum absolute atomic E-state index is 0.0522. The summed E-state index contributed by atoms with van der Waals surface area (Å²) in [7, 11) is 0. The van der Waals surface area contributed by atoms with Crippen LogP contribution in [0.2, 0.25) is 0 Å². The maximum absolute atomic E-state index is 13.5. The third-order valence-corrected chi connectivity index (χ3v) is 3.49. The van der Waals surface area contributed by atoms with E-state index < -0.39 is 0 Å². The van der Waals surface area contributed by atoms with E-state index in [0.29, 0.717) is 22.5 Å². The zero-order chi connectivity index (χ0) is 16.1. The van der Waals surface area contributed by atoms with Gasteiger partial charge in [0.05, 0.1) is 0 Å². The van der Waals surface area contributed by atoms with Gasteiger partial charge >= 0.3 is 0 Å². The molecule has 2 aromatic carbocycles. The van der Waals surface area contributed by atoms with Crippen LogP contribution in [0.5, 0.6) is 0 Å². The molecule has 0 aliphatic carbocycles. The van der Waals surface area contributed by atoms with Crippen molar-refractivity contribution < 1.29 is 13.6 Å². The Morgan fingerprint density at radius 1 is 0.818 bits per heavy atom. The molecule has 0 radical (unpaired) electrons. The quantitative estimate of drug-likeness (QED) is 0.805. The number of carbonyl (C=O) groups excluding carboxylic acids is 1. The van der Waals surface area contributed by atoms with Gasteiger partial charge in [-0.05, 0) is 60.4 Å². The molecule has 3 nitrogen and oxygen atoms in total. The molecule has 0 fully saturated rings.